The van der Waals surface area contributed by atoms with Gasteiger partial charge in [0.1, 0.15) is 11.4 Å². The Morgan fingerprint density at radius 2 is 2.21 bits per heavy atom. The minimum Gasteiger partial charge on any atom is -0.442 e. The molecule has 0 aromatic heterocycles. The molecule has 1 heterocycles. The minimum atomic E-state index is -0.588. The molecule has 1 fully saturated rings. The maximum Gasteiger partial charge on any atom is 0.435 e. The predicted octanol–water partition coefficient (Wildman–Crippen LogP) is 3.44. The molecule has 0 spiro atoms. The van der Waals surface area contributed by atoms with E-state index in [1.165, 1.54) is 17.2 Å². The average molecular weight is 267 g/mol. The number of amides is 1. The van der Waals surface area contributed by atoms with Crippen LogP contribution in [0.2, 0.25) is 0 Å². The van der Waals surface area contributed by atoms with Crippen LogP contribution in [0.25, 0.3) is 0 Å². The summed E-state index contributed by atoms with van der Waals surface area (Å²) < 4.78 is 18.5. The molecule has 1 aliphatic rings. The van der Waals surface area contributed by atoms with E-state index >= 15 is 0 Å². The van der Waals surface area contributed by atoms with Gasteiger partial charge in [-0.1, -0.05) is 12.1 Å². The summed E-state index contributed by atoms with van der Waals surface area (Å²) in [7, 11) is 0. The Labute approximate surface area is 112 Å². The molecular formula is C14H18FNO3. The fourth-order valence-corrected chi connectivity index (χ4v) is 1.97. The second kappa shape index (κ2) is 5.17. The molecule has 1 aromatic rings. The maximum absolute atomic E-state index is 13.2. The molecule has 0 unspecified atom stereocenters. The van der Waals surface area contributed by atoms with Crippen LogP contribution in [-0.2, 0) is 9.57 Å². The molecular weight excluding hydrogens is 249 g/mol. The molecule has 0 saturated carbocycles. The topological polar surface area (TPSA) is 38.8 Å². The lowest BCUT2D eigenvalue weighted by atomic mass is 10.0. The molecule has 4 nitrogen and oxygen atoms in total. The van der Waals surface area contributed by atoms with E-state index in [1.807, 2.05) is 0 Å². The first-order chi connectivity index (χ1) is 8.87. The first-order valence-corrected chi connectivity index (χ1v) is 6.27. The van der Waals surface area contributed by atoms with Gasteiger partial charge in [0.25, 0.3) is 0 Å². The fourth-order valence-electron chi connectivity index (χ4n) is 1.97. The number of halogens is 1. The van der Waals surface area contributed by atoms with Gasteiger partial charge in [-0.05, 0) is 38.5 Å². The van der Waals surface area contributed by atoms with Crippen LogP contribution in [0.4, 0.5) is 9.18 Å². The highest BCUT2D eigenvalue weighted by Gasteiger charge is 2.34. The van der Waals surface area contributed by atoms with Crippen molar-refractivity contribution in [3.8, 4) is 0 Å². The third kappa shape index (κ3) is 3.44. The highest BCUT2D eigenvalue weighted by atomic mass is 19.1. The number of carbonyl (C=O) groups excluding carboxylic acids is 1. The molecule has 2 rings (SSSR count). The van der Waals surface area contributed by atoms with Gasteiger partial charge in [-0.3, -0.25) is 4.84 Å². The smallest absolute Gasteiger partial charge is 0.435 e. The van der Waals surface area contributed by atoms with Crippen molar-refractivity contribution in [3.63, 3.8) is 0 Å². The van der Waals surface area contributed by atoms with E-state index in [0.29, 0.717) is 18.6 Å². The van der Waals surface area contributed by atoms with Crippen LogP contribution in [0.3, 0.4) is 0 Å². The Balaban J connectivity index is 2.15. The molecule has 1 saturated heterocycles. The summed E-state index contributed by atoms with van der Waals surface area (Å²) in [5.74, 6) is -0.325. The van der Waals surface area contributed by atoms with E-state index in [0.717, 1.165) is 0 Å². The number of rotatable bonds is 1. The van der Waals surface area contributed by atoms with Gasteiger partial charge in [0.05, 0.1) is 12.6 Å². The molecule has 104 valence electrons. The van der Waals surface area contributed by atoms with Gasteiger partial charge in [-0.2, -0.15) is 5.06 Å². The second-order valence-electron chi connectivity index (χ2n) is 5.50. The van der Waals surface area contributed by atoms with Gasteiger partial charge >= 0.3 is 6.09 Å². The van der Waals surface area contributed by atoms with Gasteiger partial charge < -0.3 is 4.74 Å². The Kier molecular flexibility index (Phi) is 3.75. The van der Waals surface area contributed by atoms with Crippen molar-refractivity contribution in [2.45, 2.75) is 38.8 Å². The molecule has 1 amide bonds. The van der Waals surface area contributed by atoms with Gasteiger partial charge in [-0.25, -0.2) is 9.18 Å². The zero-order chi connectivity index (χ0) is 14.0. The number of ether oxygens (including phenoxy) is 1. The summed E-state index contributed by atoms with van der Waals surface area (Å²) in [6.07, 6.45) is 0.0853. The summed E-state index contributed by atoms with van der Waals surface area (Å²) in [6, 6.07) is 5.88. The van der Waals surface area contributed by atoms with Gasteiger partial charge in [0.2, 0.25) is 0 Å². The Bertz CT molecular complexity index is 470. The quantitative estimate of drug-likeness (QED) is 0.782. The Morgan fingerprint density at radius 3 is 2.84 bits per heavy atom. The van der Waals surface area contributed by atoms with E-state index in [2.05, 4.69) is 0 Å². The lowest BCUT2D eigenvalue weighted by Gasteiger charge is -2.27. The van der Waals surface area contributed by atoms with Crippen molar-refractivity contribution in [3.05, 3.63) is 35.6 Å². The van der Waals surface area contributed by atoms with Gasteiger partial charge in [0, 0.05) is 6.42 Å². The lowest BCUT2D eigenvalue weighted by molar-refractivity contribution is -0.125. The molecule has 1 aliphatic heterocycles. The van der Waals surface area contributed by atoms with Crippen LogP contribution in [-0.4, -0.2) is 23.4 Å². The largest absolute Gasteiger partial charge is 0.442 e. The van der Waals surface area contributed by atoms with E-state index in [1.54, 1.807) is 32.9 Å². The summed E-state index contributed by atoms with van der Waals surface area (Å²) in [5, 5.41) is 1.19. The molecule has 1 aromatic carbocycles. The monoisotopic (exact) mass is 267 g/mol. The molecule has 1 atom stereocenters. The van der Waals surface area contributed by atoms with Crippen molar-refractivity contribution in [1.29, 1.82) is 0 Å². The third-order valence-electron chi connectivity index (χ3n) is 2.71. The van der Waals surface area contributed by atoms with Gasteiger partial charge in [0.15, 0.2) is 0 Å². The number of benzene rings is 1. The van der Waals surface area contributed by atoms with Crippen molar-refractivity contribution in [2.24, 2.45) is 0 Å². The average Bonchev–Trinajstić information content (AvgIpc) is 2.75. The highest BCUT2D eigenvalue weighted by molar-refractivity contribution is 5.67. The Hall–Kier alpha value is -1.62. The van der Waals surface area contributed by atoms with Crippen LogP contribution in [0.5, 0.6) is 0 Å². The lowest BCUT2D eigenvalue weighted by Crippen LogP contribution is -2.35. The highest BCUT2D eigenvalue weighted by Crippen LogP contribution is 2.31. The molecule has 5 heteroatoms. The number of hydrogen-bond donors (Lipinski definition) is 0. The molecule has 0 aliphatic carbocycles. The fraction of sp³-hybridized carbons (Fsp3) is 0.500. The summed E-state index contributed by atoms with van der Waals surface area (Å²) >= 11 is 0. The van der Waals surface area contributed by atoms with Crippen molar-refractivity contribution < 1.29 is 18.8 Å². The van der Waals surface area contributed by atoms with Crippen molar-refractivity contribution in [2.75, 3.05) is 6.61 Å². The zero-order valence-electron chi connectivity index (χ0n) is 11.4. The summed E-state index contributed by atoms with van der Waals surface area (Å²) in [5.41, 5.74) is 0.124. The second-order valence-corrected chi connectivity index (χ2v) is 5.50. The Morgan fingerprint density at radius 1 is 1.47 bits per heavy atom. The molecule has 0 radical (unpaired) electrons. The molecule has 0 N–H and O–H groups in total. The maximum atomic E-state index is 13.2. The summed E-state index contributed by atoms with van der Waals surface area (Å²) in [4.78, 5) is 17.3. The SMILES string of the molecule is CC(C)(C)OC(=O)N1OCC[C@H]1c1cccc(F)c1. The van der Waals surface area contributed by atoms with Crippen molar-refractivity contribution in [1.82, 2.24) is 5.06 Å². The van der Waals surface area contributed by atoms with E-state index in [4.69, 9.17) is 9.57 Å². The van der Waals surface area contributed by atoms with E-state index < -0.39 is 11.7 Å². The number of carbonyl (C=O) groups is 1. The van der Waals surface area contributed by atoms with Crippen LogP contribution in [0, 0.1) is 5.82 Å². The number of nitrogens with zero attached hydrogens (tertiary/aromatic N) is 1. The first-order valence-electron chi connectivity index (χ1n) is 6.27. The van der Waals surface area contributed by atoms with Crippen molar-refractivity contribution >= 4 is 6.09 Å². The van der Waals surface area contributed by atoms with Crippen LogP contribution >= 0.6 is 0 Å². The third-order valence-corrected chi connectivity index (χ3v) is 2.71. The van der Waals surface area contributed by atoms with E-state index in [-0.39, 0.29) is 11.9 Å². The van der Waals surface area contributed by atoms with Crippen LogP contribution in [0.1, 0.15) is 38.8 Å². The summed E-state index contributed by atoms with van der Waals surface area (Å²) in [6.45, 7) is 5.79. The normalized spacial score (nSPS) is 19.6. The predicted molar refractivity (Wildman–Crippen MR) is 67.8 cm³/mol. The number of hydroxylamine groups is 2. The standard InChI is InChI=1S/C14H18FNO3/c1-14(2,3)19-13(17)16-12(7-8-18-16)10-5-4-6-11(15)9-10/h4-6,9,12H,7-8H2,1-3H3/t12-/m0/s1. The first kappa shape index (κ1) is 13.8. The van der Waals surface area contributed by atoms with Gasteiger partial charge in [-0.15, -0.1) is 0 Å². The van der Waals surface area contributed by atoms with Crippen LogP contribution in [0.15, 0.2) is 24.3 Å². The van der Waals surface area contributed by atoms with Crippen LogP contribution < -0.4 is 0 Å². The zero-order valence-corrected chi connectivity index (χ0v) is 11.4. The number of hydrogen-bond acceptors (Lipinski definition) is 3. The molecule has 19 heavy (non-hydrogen) atoms. The minimum absolute atomic E-state index is 0.300. The molecule has 0 bridgehead atoms. The van der Waals surface area contributed by atoms with E-state index in [9.17, 15) is 9.18 Å².